The predicted octanol–water partition coefficient (Wildman–Crippen LogP) is 2.06. The largest absolute Gasteiger partial charge is 0.469 e. The van der Waals surface area contributed by atoms with Gasteiger partial charge in [-0.15, -0.1) is 0 Å². The van der Waals surface area contributed by atoms with Crippen molar-refractivity contribution >= 4 is 5.97 Å². The van der Waals surface area contributed by atoms with E-state index in [0.29, 0.717) is 6.61 Å². The maximum Gasteiger partial charge on any atom is 0.308 e. The molecule has 0 radical (unpaired) electrons. The van der Waals surface area contributed by atoms with Crippen LogP contribution in [0.5, 0.6) is 0 Å². The van der Waals surface area contributed by atoms with Gasteiger partial charge in [0.25, 0.3) is 0 Å². The van der Waals surface area contributed by atoms with E-state index in [-0.39, 0.29) is 11.9 Å². The van der Waals surface area contributed by atoms with Crippen molar-refractivity contribution < 1.29 is 14.3 Å². The Hall–Kier alpha value is -1.03. The Morgan fingerprint density at radius 2 is 2.12 bits per heavy atom. The molecule has 0 fully saturated rings. The van der Waals surface area contributed by atoms with Crippen molar-refractivity contribution in [1.29, 1.82) is 0 Å². The zero-order chi connectivity index (χ0) is 13.3. The topological polar surface area (TPSA) is 38.8 Å². The third-order valence-electron chi connectivity index (χ3n) is 2.78. The van der Waals surface area contributed by atoms with Gasteiger partial charge in [-0.2, -0.15) is 0 Å². The first-order valence-corrected chi connectivity index (χ1v) is 6.07. The van der Waals surface area contributed by atoms with Crippen LogP contribution in [0.4, 0.5) is 0 Å². The highest BCUT2D eigenvalue weighted by atomic mass is 16.5. The number of ether oxygens (including phenoxy) is 2. The van der Waals surface area contributed by atoms with E-state index in [1.807, 2.05) is 20.9 Å². The standard InChI is InChI=1S/C13H25NO3/c1-6-17-10-9-14(4)12(3)8-7-11(2)13(15)16-5/h11H,3,6-10H2,1-2,4-5H3. The molecule has 100 valence electrons. The molecule has 0 aliphatic heterocycles. The van der Waals surface area contributed by atoms with Gasteiger partial charge in [0.1, 0.15) is 0 Å². The van der Waals surface area contributed by atoms with E-state index in [4.69, 9.17) is 4.74 Å². The number of carbonyl (C=O) groups excluding carboxylic acids is 1. The Balaban J connectivity index is 3.80. The van der Waals surface area contributed by atoms with Crippen LogP contribution in [-0.2, 0) is 14.3 Å². The van der Waals surface area contributed by atoms with Gasteiger partial charge >= 0.3 is 5.97 Å². The molecule has 0 amide bonds. The van der Waals surface area contributed by atoms with Crippen LogP contribution >= 0.6 is 0 Å². The second-order valence-electron chi connectivity index (χ2n) is 4.15. The molecule has 0 aromatic carbocycles. The average molecular weight is 243 g/mol. The number of hydrogen-bond acceptors (Lipinski definition) is 4. The van der Waals surface area contributed by atoms with Crippen LogP contribution < -0.4 is 0 Å². The number of allylic oxidation sites excluding steroid dienone is 1. The summed E-state index contributed by atoms with van der Waals surface area (Å²) in [5.74, 6) is -0.230. The zero-order valence-electron chi connectivity index (χ0n) is 11.5. The number of hydrogen-bond donors (Lipinski definition) is 0. The van der Waals surface area contributed by atoms with Crippen molar-refractivity contribution in [2.24, 2.45) is 5.92 Å². The molecule has 0 aliphatic rings. The van der Waals surface area contributed by atoms with Crippen molar-refractivity contribution in [3.63, 3.8) is 0 Å². The lowest BCUT2D eigenvalue weighted by Gasteiger charge is -2.22. The summed E-state index contributed by atoms with van der Waals surface area (Å²) in [5, 5.41) is 0. The van der Waals surface area contributed by atoms with E-state index in [2.05, 4.69) is 16.2 Å². The van der Waals surface area contributed by atoms with Crippen LogP contribution in [0.2, 0.25) is 0 Å². The molecule has 0 aromatic heterocycles. The highest BCUT2D eigenvalue weighted by molar-refractivity contribution is 5.71. The molecule has 0 N–H and O–H groups in total. The fourth-order valence-corrected chi connectivity index (χ4v) is 1.40. The molecular formula is C13H25NO3. The lowest BCUT2D eigenvalue weighted by molar-refractivity contribution is -0.145. The molecule has 1 unspecified atom stereocenters. The molecule has 0 saturated heterocycles. The smallest absolute Gasteiger partial charge is 0.308 e. The Kier molecular flexibility index (Phi) is 8.50. The number of rotatable bonds is 9. The first-order valence-electron chi connectivity index (χ1n) is 6.07. The van der Waals surface area contributed by atoms with Crippen LogP contribution in [0.25, 0.3) is 0 Å². The second-order valence-corrected chi connectivity index (χ2v) is 4.15. The maximum absolute atomic E-state index is 11.2. The summed E-state index contributed by atoms with van der Waals surface area (Å²) in [6, 6.07) is 0. The monoisotopic (exact) mass is 243 g/mol. The Morgan fingerprint density at radius 3 is 2.65 bits per heavy atom. The van der Waals surface area contributed by atoms with E-state index in [1.54, 1.807) is 0 Å². The highest BCUT2D eigenvalue weighted by Crippen LogP contribution is 2.14. The van der Waals surface area contributed by atoms with Crippen molar-refractivity contribution in [2.45, 2.75) is 26.7 Å². The van der Waals surface area contributed by atoms with Gasteiger partial charge in [0, 0.05) is 25.9 Å². The molecule has 0 heterocycles. The van der Waals surface area contributed by atoms with E-state index in [1.165, 1.54) is 7.11 Å². The van der Waals surface area contributed by atoms with Crippen LogP contribution in [-0.4, -0.2) is 44.8 Å². The van der Waals surface area contributed by atoms with Gasteiger partial charge in [-0.25, -0.2) is 0 Å². The van der Waals surface area contributed by atoms with Gasteiger partial charge in [-0.3, -0.25) is 4.79 Å². The molecule has 0 aliphatic carbocycles. The van der Waals surface area contributed by atoms with Gasteiger partial charge in [0.05, 0.1) is 19.6 Å². The molecule has 0 aromatic rings. The summed E-state index contributed by atoms with van der Waals surface area (Å²) in [6.07, 6.45) is 1.57. The summed E-state index contributed by atoms with van der Waals surface area (Å²) in [5.41, 5.74) is 1.03. The van der Waals surface area contributed by atoms with Crippen molar-refractivity contribution in [1.82, 2.24) is 4.90 Å². The van der Waals surface area contributed by atoms with Crippen LogP contribution in [0.1, 0.15) is 26.7 Å². The lowest BCUT2D eigenvalue weighted by Crippen LogP contribution is -2.23. The van der Waals surface area contributed by atoms with E-state index >= 15 is 0 Å². The third kappa shape index (κ3) is 7.00. The minimum atomic E-state index is -0.158. The van der Waals surface area contributed by atoms with E-state index in [9.17, 15) is 4.79 Å². The summed E-state index contributed by atoms with van der Waals surface area (Å²) in [6.45, 7) is 10.1. The van der Waals surface area contributed by atoms with E-state index < -0.39 is 0 Å². The first-order chi connectivity index (χ1) is 8.02. The lowest BCUT2D eigenvalue weighted by atomic mass is 10.0. The molecule has 0 spiro atoms. The summed E-state index contributed by atoms with van der Waals surface area (Å²) >= 11 is 0. The Labute approximate surface area is 105 Å². The Bertz CT molecular complexity index is 241. The summed E-state index contributed by atoms with van der Waals surface area (Å²) < 4.78 is 9.96. The molecule has 1 atom stereocenters. The normalized spacial score (nSPS) is 12.0. The third-order valence-corrected chi connectivity index (χ3v) is 2.78. The van der Waals surface area contributed by atoms with Crippen molar-refractivity contribution in [2.75, 3.05) is 33.9 Å². The van der Waals surface area contributed by atoms with E-state index in [0.717, 1.165) is 31.7 Å². The van der Waals surface area contributed by atoms with Crippen molar-refractivity contribution in [3.05, 3.63) is 12.3 Å². The van der Waals surface area contributed by atoms with Gasteiger partial charge in [0.15, 0.2) is 0 Å². The molecule has 0 rings (SSSR count). The quantitative estimate of drug-likeness (QED) is 0.459. The summed E-state index contributed by atoms with van der Waals surface area (Å²) in [4.78, 5) is 13.3. The fraction of sp³-hybridized carbons (Fsp3) is 0.769. The molecular weight excluding hydrogens is 218 g/mol. The van der Waals surface area contributed by atoms with Crippen LogP contribution in [0.3, 0.4) is 0 Å². The number of methoxy groups -OCH3 is 1. The molecule has 4 nitrogen and oxygen atoms in total. The van der Waals surface area contributed by atoms with Gasteiger partial charge in [-0.05, 0) is 19.8 Å². The van der Waals surface area contributed by atoms with Gasteiger partial charge < -0.3 is 14.4 Å². The number of carbonyl (C=O) groups is 1. The summed E-state index contributed by atoms with van der Waals surface area (Å²) in [7, 11) is 3.41. The zero-order valence-corrected chi connectivity index (χ0v) is 11.5. The number of nitrogens with zero attached hydrogens (tertiary/aromatic N) is 1. The minimum absolute atomic E-state index is 0.0722. The molecule has 0 saturated carbocycles. The minimum Gasteiger partial charge on any atom is -0.469 e. The maximum atomic E-state index is 11.2. The first kappa shape index (κ1) is 16.0. The average Bonchev–Trinajstić information content (AvgIpc) is 2.34. The van der Waals surface area contributed by atoms with Crippen LogP contribution in [0, 0.1) is 5.92 Å². The molecule has 4 heteroatoms. The van der Waals surface area contributed by atoms with Gasteiger partial charge in [-0.1, -0.05) is 13.5 Å². The Morgan fingerprint density at radius 1 is 1.47 bits per heavy atom. The molecule has 0 bridgehead atoms. The highest BCUT2D eigenvalue weighted by Gasteiger charge is 2.13. The number of esters is 1. The number of likely N-dealkylation sites (N-methyl/N-ethyl adjacent to an activating group) is 1. The van der Waals surface area contributed by atoms with Crippen LogP contribution in [0.15, 0.2) is 12.3 Å². The predicted molar refractivity (Wildman–Crippen MR) is 68.7 cm³/mol. The van der Waals surface area contributed by atoms with Gasteiger partial charge in [0.2, 0.25) is 0 Å². The molecule has 17 heavy (non-hydrogen) atoms. The SMILES string of the molecule is C=C(CCC(C)C(=O)OC)N(C)CCOCC. The second kappa shape index (κ2) is 9.05. The fourth-order valence-electron chi connectivity index (χ4n) is 1.40. The van der Waals surface area contributed by atoms with Crippen molar-refractivity contribution in [3.8, 4) is 0 Å².